The van der Waals surface area contributed by atoms with Gasteiger partial charge >= 0.3 is 0 Å². The molecule has 1 aliphatic heterocycles. The van der Waals surface area contributed by atoms with Gasteiger partial charge in [-0.3, -0.25) is 14.5 Å². The first kappa shape index (κ1) is 27.2. The van der Waals surface area contributed by atoms with Crippen LogP contribution in [0.4, 0.5) is 5.69 Å². The van der Waals surface area contributed by atoms with Crippen LogP contribution >= 0.6 is 12.2 Å². The molecule has 0 saturated carbocycles. The molecule has 0 aromatic heterocycles. The summed E-state index contributed by atoms with van der Waals surface area (Å²) in [5.74, 6) is -0.271. The Morgan fingerprint density at radius 3 is 1.82 bits per heavy atom. The van der Waals surface area contributed by atoms with Crippen LogP contribution in [0.15, 0.2) is 115 Å². The van der Waals surface area contributed by atoms with Crippen LogP contribution in [0.2, 0.25) is 0 Å². The number of carbonyl (C=O) groups is 2. The fourth-order valence-electron chi connectivity index (χ4n) is 5.12. The van der Waals surface area contributed by atoms with E-state index >= 15 is 0 Å². The lowest BCUT2D eigenvalue weighted by molar-refractivity contribution is -0.119. The van der Waals surface area contributed by atoms with Crippen molar-refractivity contribution < 1.29 is 9.59 Å². The van der Waals surface area contributed by atoms with Crippen molar-refractivity contribution >= 4 is 34.8 Å². The summed E-state index contributed by atoms with van der Waals surface area (Å²) in [6.45, 7) is 2.73. The monoisotopic (exact) mass is 548 g/mol. The highest BCUT2D eigenvalue weighted by Crippen LogP contribution is 2.30. The Hall–Kier alpha value is -4.33. The molecule has 2 amide bonds. The first-order valence-corrected chi connectivity index (χ1v) is 13.9. The topological polar surface area (TPSA) is 64.7 Å². The van der Waals surface area contributed by atoms with Crippen LogP contribution in [-0.4, -0.2) is 52.9 Å². The third-order valence-electron chi connectivity index (χ3n) is 7.06. The fourth-order valence-corrected chi connectivity index (χ4v) is 5.35. The Balaban J connectivity index is 1.23. The van der Waals surface area contributed by atoms with Gasteiger partial charge in [0.1, 0.15) is 0 Å². The van der Waals surface area contributed by atoms with Crippen LogP contribution in [0.25, 0.3) is 0 Å². The molecule has 0 atom stereocenters. The molecule has 1 aliphatic rings. The highest BCUT2D eigenvalue weighted by Gasteiger charge is 2.29. The smallest absolute Gasteiger partial charge is 0.256 e. The molecule has 0 spiro atoms. The molecule has 0 unspecified atom stereocenters. The Kier molecular flexibility index (Phi) is 8.96. The van der Waals surface area contributed by atoms with E-state index in [0.29, 0.717) is 24.3 Å². The van der Waals surface area contributed by atoms with E-state index in [4.69, 9.17) is 12.2 Å². The molecular weight excluding hydrogens is 516 g/mol. The van der Waals surface area contributed by atoms with Crippen LogP contribution in [-0.2, 0) is 11.2 Å². The zero-order valence-corrected chi connectivity index (χ0v) is 23.0. The Labute approximate surface area is 240 Å². The lowest BCUT2D eigenvalue weighted by Gasteiger charge is -2.40. The van der Waals surface area contributed by atoms with Gasteiger partial charge in [-0.15, -0.1) is 0 Å². The third kappa shape index (κ3) is 6.81. The maximum absolute atomic E-state index is 13.6. The van der Waals surface area contributed by atoms with Crippen molar-refractivity contribution in [1.29, 1.82) is 0 Å². The van der Waals surface area contributed by atoms with Gasteiger partial charge in [-0.25, -0.2) is 0 Å². The molecule has 0 aliphatic carbocycles. The summed E-state index contributed by atoms with van der Waals surface area (Å²) in [5.41, 5.74) is 4.49. The number of piperazine rings is 1. The zero-order valence-electron chi connectivity index (χ0n) is 22.2. The second-order valence-corrected chi connectivity index (χ2v) is 10.2. The molecule has 1 saturated heterocycles. The fraction of sp³-hybridized carbons (Fsp3) is 0.182. The summed E-state index contributed by atoms with van der Waals surface area (Å²) in [6.07, 6.45) is 0.223. The number of rotatable bonds is 7. The van der Waals surface area contributed by atoms with E-state index in [1.54, 1.807) is 12.1 Å². The number of benzene rings is 4. The van der Waals surface area contributed by atoms with E-state index in [1.165, 1.54) is 11.1 Å². The predicted octanol–water partition coefficient (Wildman–Crippen LogP) is 5.29. The van der Waals surface area contributed by atoms with Gasteiger partial charge in [-0.2, -0.15) is 0 Å². The number of amides is 2. The average Bonchev–Trinajstić information content (AvgIpc) is 2.99. The van der Waals surface area contributed by atoms with Gasteiger partial charge < -0.3 is 15.5 Å². The van der Waals surface area contributed by atoms with E-state index in [0.717, 1.165) is 18.7 Å². The largest absolute Gasteiger partial charge is 0.336 e. The highest BCUT2D eigenvalue weighted by atomic mass is 32.1. The molecule has 6 nitrogen and oxygen atoms in total. The van der Waals surface area contributed by atoms with Crippen molar-refractivity contribution in [2.45, 2.75) is 12.5 Å². The molecule has 202 valence electrons. The summed E-state index contributed by atoms with van der Waals surface area (Å²) in [7, 11) is 0. The third-order valence-corrected chi connectivity index (χ3v) is 7.27. The lowest BCUT2D eigenvalue weighted by Crippen LogP contribution is -2.50. The van der Waals surface area contributed by atoms with Crippen LogP contribution in [0, 0.1) is 0 Å². The Bertz CT molecular complexity index is 1400. The minimum Gasteiger partial charge on any atom is -0.336 e. The number of carbonyl (C=O) groups excluding carboxylic acids is 2. The van der Waals surface area contributed by atoms with Gasteiger partial charge in [0.25, 0.3) is 5.91 Å². The van der Waals surface area contributed by atoms with Crippen molar-refractivity contribution in [2.75, 3.05) is 31.5 Å². The molecule has 0 radical (unpaired) electrons. The minimum atomic E-state index is -0.213. The first-order chi connectivity index (χ1) is 19.6. The van der Waals surface area contributed by atoms with E-state index in [1.807, 2.05) is 59.5 Å². The summed E-state index contributed by atoms with van der Waals surface area (Å²) >= 11 is 5.39. The summed E-state index contributed by atoms with van der Waals surface area (Å²) in [4.78, 5) is 30.4. The summed E-state index contributed by atoms with van der Waals surface area (Å²) in [5, 5.41) is 5.95. The van der Waals surface area contributed by atoms with Gasteiger partial charge in [-0.1, -0.05) is 103 Å². The number of thiocarbonyl (C=S) groups is 1. The molecular formula is C33H32N4O2S. The lowest BCUT2D eigenvalue weighted by atomic mass is 9.96. The second kappa shape index (κ2) is 13.2. The molecule has 2 N–H and O–H groups in total. The standard InChI is InChI=1S/C33H32N4O2S/c38-30(24-25-12-4-1-5-13-25)35-33(40)34-29-19-11-10-18-28(29)32(39)37-22-20-36(21-23-37)31(26-14-6-2-7-15-26)27-16-8-3-9-17-27/h1-19,31H,20-24H2,(H2,34,35,38,40). The number of anilines is 1. The maximum atomic E-state index is 13.6. The molecule has 40 heavy (non-hydrogen) atoms. The van der Waals surface area contributed by atoms with Crippen LogP contribution < -0.4 is 10.6 Å². The Morgan fingerprint density at radius 1 is 0.700 bits per heavy atom. The predicted molar refractivity (Wildman–Crippen MR) is 163 cm³/mol. The summed E-state index contributed by atoms with van der Waals surface area (Å²) in [6, 6.07) is 37.9. The van der Waals surface area contributed by atoms with E-state index in [2.05, 4.69) is 64.1 Å². The molecule has 1 heterocycles. The molecule has 4 aromatic rings. The van der Waals surface area contributed by atoms with Crippen LogP contribution in [0.5, 0.6) is 0 Å². The maximum Gasteiger partial charge on any atom is 0.256 e. The zero-order chi connectivity index (χ0) is 27.7. The van der Waals surface area contributed by atoms with E-state index in [9.17, 15) is 9.59 Å². The van der Waals surface area contributed by atoms with E-state index < -0.39 is 0 Å². The molecule has 4 aromatic carbocycles. The average molecular weight is 549 g/mol. The number of nitrogens with zero attached hydrogens (tertiary/aromatic N) is 2. The molecule has 1 fully saturated rings. The van der Waals surface area contributed by atoms with Crippen molar-refractivity contribution in [3.8, 4) is 0 Å². The number of hydrogen-bond donors (Lipinski definition) is 2. The Morgan fingerprint density at radius 2 is 1.23 bits per heavy atom. The number of hydrogen-bond acceptors (Lipinski definition) is 4. The van der Waals surface area contributed by atoms with E-state index in [-0.39, 0.29) is 29.4 Å². The minimum absolute atomic E-state index is 0.0582. The summed E-state index contributed by atoms with van der Waals surface area (Å²) < 4.78 is 0. The molecule has 0 bridgehead atoms. The van der Waals surface area contributed by atoms with Crippen molar-refractivity contribution in [2.24, 2.45) is 0 Å². The van der Waals surface area contributed by atoms with Crippen LogP contribution in [0.3, 0.4) is 0 Å². The number of nitrogens with one attached hydrogen (secondary N) is 2. The van der Waals surface area contributed by atoms with Crippen molar-refractivity contribution in [1.82, 2.24) is 15.1 Å². The van der Waals surface area contributed by atoms with Crippen molar-refractivity contribution in [3.63, 3.8) is 0 Å². The normalized spacial score (nSPS) is 13.6. The van der Waals surface area contributed by atoms with Gasteiger partial charge in [0, 0.05) is 26.2 Å². The molecule has 5 rings (SSSR count). The van der Waals surface area contributed by atoms with Crippen molar-refractivity contribution in [3.05, 3.63) is 138 Å². The van der Waals surface area contributed by atoms with Gasteiger partial charge in [0.05, 0.1) is 23.7 Å². The van der Waals surface area contributed by atoms with Crippen LogP contribution in [0.1, 0.15) is 33.1 Å². The van der Waals surface area contributed by atoms with Gasteiger partial charge in [0.15, 0.2) is 5.11 Å². The first-order valence-electron chi connectivity index (χ1n) is 13.5. The molecule has 7 heteroatoms. The van der Waals surface area contributed by atoms with Gasteiger partial charge in [-0.05, 0) is 41.0 Å². The number of para-hydroxylation sites is 1. The highest BCUT2D eigenvalue weighted by molar-refractivity contribution is 7.80. The quantitative estimate of drug-likeness (QED) is 0.307. The second-order valence-electron chi connectivity index (χ2n) is 9.76. The SMILES string of the molecule is O=C(Cc1ccccc1)NC(=S)Nc1ccccc1C(=O)N1CCN(C(c2ccccc2)c2ccccc2)CC1. The van der Waals surface area contributed by atoms with Gasteiger partial charge in [0.2, 0.25) is 5.91 Å².